The number of hydrogen-bond donors (Lipinski definition) is 4. The van der Waals surface area contributed by atoms with Gasteiger partial charge in [-0.25, -0.2) is 0 Å². The molecule has 0 aromatic heterocycles. The van der Waals surface area contributed by atoms with Crippen molar-refractivity contribution in [1.29, 1.82) is 0 Å². The maximum absolute atomic E-state index is 12.8. The Morgan fingerprint density at radius 1 is 1.10 bits per heavy atom. The first-order chi connectivity index (χ1) is 13.9. The van der Waals surface area contributed by atoms with Gasteiger partial charge in [0.05, 0.1) is 12.6 Å². The highest BCUT2D eigenvalue weighted by Crippen LogP contribution is 2.29. The van der Waals surface area contributed by atoms with Gasteiger partial charge in [-0.2, -0.15) is 0 Å². The summed E-state index contributed by atoms with van der Waals surface area (Å²) in [4.78, 5) is 12.8. The lowest BCUT2D eigenvalue weighted by atomic mass is 9.97. The Balaban J connectivity index is 2.11. The minimum atomic E-state index is -1.06. The molecule has 0 bridgehead atoms. The van der Waals surface area contributed by atoms with Gasteiger partial charge in [0, 0.05) is 5.69 Å². The molecule has 4 unspecified atom stereocenters. The van der Waals surface area contributed by atoms with E-state index in [1.165, 1.54) is 0 Å². The van der Waals surface area contributed by atoms with E-state index in [-0.39, 0.29) is 5.91 Å². The summed E-state index contributed by atoms with van der Waals surface area (Å²) in [7, 11) is 0. The van der Waals surface area contributed by atoms with Crippen molar-refractivity contribution < 1.29 is 19.7 Å². The van der Waals surface area contributed by atoms with E-state index in [1.54, 1.807) is 24.3 Å². The van der Waals surface area contributed by atoms with Crippen LogP contribution in [0.25, 0.3) is 0 Å². The zero-order valence-electron chi connectivity index (χ0n) is 17.3. The molecule has 1 amide bonds. The van der Waals surface area contributed by atoms with Crippen LogP contribution in [0.3, 0.4) is 0 Å². The topological polar surface area (TPSA) is 105 Å². The van der Waals surface area contributed by atoms with Crippen molar-refractivity contribution in [3.05, 3.63) is 59.7 Å². The van der Waals surface area contributed by atoms with E-state index in [1.807, 2.05) is 31.2 Å². The lowest BCUT2D eigenvalue weighted by Crippen LogP contribution is -2.47. The highest BCUT2D eigenvalue weighted by Gasteiger charge is 2.27. The van der Waals surface area contributed by atoms with Gasteiger partial charge in [0.2, 0.25) is 0 Å². The number of aliphatic hydroxyl groups excluding tert-OH is 2. The first-order valence-corrected chi connectivity index (χ1v) is 10.1. The Morgan fingerprint density at radius 2 is 1.76 bits per heavy atom. The van der Waals surface area contributed by atoms with E-state index < -0.39 is 24.9 Å². The number of nitrogens with two attached hydrogens (primary N) is 1. The summed E-state index contributed by atoms with van der Waals surface area (Å²) in [5, 5.41) is 23.0. The lowest BCUT2D eigenvalue weighted by Gasteiger charge is -2.26. The Labute approximate surface area is 172 Å². The van der Waals surface area contributed by atoms with Crippen molar-refractivity contribution in [2.24, 2.45) is 0 Å². The smallest absolute Gasteiger partial charge is 0.261 e. The van der Waals surface area contributed by atoms with Crippen LogP contribution in [-0.4, -0.2) is 34.9 Å². The van der Waals surface area contributed by atoms with Crippen LogP contribution in [0.1, 0.15) is 56.8 Å². The molecule has 6 heteroatoms. The number of anilines is 1. The maximum atomic E-state index is 12.8. The van der Waals surface area contributed by atoms with Gasteiger partial charge < -0.3 is 26.0 Å². The van der Waals surface area contributed by atoms with Gasteiger partial charge in [-0.3, -0.25) is 4.79 Å². The number of nitrogen functional groups attached to an aromatic ring is 1. The summed E-state index contributed by atoms with van der Waals surface area (Å²) in [5.74, 6) is 0.618. The predicted octanol–water partition coefficient (Wildman–Crippen LogP) is 3.15. The van der Waals surface area contributed by atoms with E-state index in [0.717, 1.165) is 12.0 Å². The third-order valence-corrected chi connectivity index (χ3v) is 5.18. The molecule has 5 N–H and O–H groups in total. The van der Waals surface area contributed by atoms with E-state index >= 15 is 0 Å². The van der Waals surface area contributed by atoms with Crippen LogP contribution in [-0.2, 0) is 4.79 Å². The van der Waals surface area contributed by atoms with E-state index in [2.05, 4.69) is 19.2 Å². The third-order valence-electron chi connectivity index (χ3n) is 5.18. The molecule has 0 saturated carbocycles. The molecular formula is C23H32N2O4. The lowest BCUT2D eigenvalue weighted by molar-refractivity contribution is -0.130. The molecular weight excluding hydrogens is 368 g/mol. The number of aliphatic hydroxyl groups is 2. The number of amides is 1. The van der Waals surface area contributed by atoms with E-state index in [0.29, 0.717) is 29.3 Å². The van der Waals surface area contributed by atoms with E-state index in [9.17, 15) is 15.0 Å². The number of hydrogen-bond acceptors (Lipinski definition) is 5. The minimum Gasteiger partial charge on any atom is -0.480 e. The number of ether oxygens (including phenoxy) is 1. The number of rotatable bonds is 10. The second-order valence-electron chi connectivity index (χ2n) is 7.27. The molecule has 0 aliphatic carbocycles. The Hall–Kier alpha value is -2.57. The predicted molar refractivity (Wildman–Crippen MR) is 115 cm³/mol. The zero-order valence-corrected chi connectivity index (χ0v) is 17.3. The fourth-order valence-corrected chi connectivity index (χ4v) is 3.12. The summed E-state index contributed by atoms with van der Waals surface area (Å²) in [6.07, 6.45) is -0.372. The molecule has 0 saturated heterocycles. The molecule has 6 nitrogen and oxygen atoms in total. The number of carbonyl (C=O) groups excluding carboxylic acids is 1. The molecule has 0 radical (unpaired) electrons. The van der Waals surface area contributed by atoms with Crippen molar-refractivity contribution in [3.63, 3.8) is 0 Å². The van der Waals surface area contributed by atoms with Gasteiger partial charge in [0.25, 0.3) is 5.91 Å². The number of carbonyl (C=O) groups is 1. The second kappa shape index (κ2) is 10.8. The van der Waals surface area contributed by atoms with Crippen molar-refractivity contribution >= 4 is 11.6 Å². The average Bonchev–Trinajstić information content (AvgIpc) is 2.75. The molecule has 0 aliphatic rings. The highest BCUT2D eigenvalue weighted by atomic mass is 16.5. The Kier molecular flexibility index (Phi) is 8.49. The van der Waals surface area contributed by atoms with Gasteiger partial charge in [0.15, 0.2) is 6.10 Å². The maximum Gasteiger partial charge on any atom is 0.261 e. The molecule has 2 rings (SSSR count). The summed E-state index contributed by atoms with van der Waals surface area (Å²) >= 11 is 0. The van der Waals surface area contributed by atoms with Crippen molar-refractivity contribution in [2.45, 2.75) is 57.8 Å². The normalized spacial score (nSPS) is 15.2. The Morgan fingerprint density at radius 3 is 2.34 bits per heavy atom. The molecule has 0 spiro atoms. The molecule has 2 aromatic carbocycles. The van der Waals surface area contributed by atoms with Gasteiger partial charge in [-0.1, -0.05) is 51.1 Å². The number of nitrogens with one attached hydrogen (secondary N) is 1. The monoisotopic (exact) mass is 400 g/mol. The van der Waals surface area contributed by atoms with Crippen LogP contribution in [0.5, 0.6) is 5.75 Å². The summed E-state index contributed by atoms with van der Waals surface area (Å²) in [6.45, 7) is 5.68. The minimum absolute atomic E-state index is 0.310. The second-order valence-corrected chi connectivity index (χ2v) is 7.27. The fourth-order valence-electron chi connectivity index (χ4n) is 3.12. The quantitative estimate of drug-likeness (QED) is 0.459. The molecule has 0 heterocycles. The molecule has 4 atom stereocenters. The van der Waals surface area contributed by atoms with Crippen LogP contribution in [0.2, 0.25) is 0 Å². The van der Waals surface area contributed by atoms with Crippen molar-refractivity contribution in [3.8, 4) is 5.75 Å². The van der Waals surface area contributed by atoms with Gasteiger partial charge in [-0.05, 0) is 48.1 Å². The van der Waals surface area contributed by atoms with Crippen LogP contribution >= 0.6 is 0 Å². The van der Waals surface area contributed by atoms with Crippen LogP contribution in [0.4, 0.5) is 5.69 Å². The SMILES string of the molecule is CCC(Oc1ccccc1C(C)CC)C(=O)NC(CO)C(O)c1ccc(N)cc1. The third kappa shape index (κ3) is 5.95. The first-order valence-electron chi connectivity index (χ1n) is 10.1. The largest absolute Gasteiger partial charge is 0.480 e. The highest BCUT2D eigenvalue weighted by molar-refractivity contribution is 5.81. The molecule has 29 heavy (non-hydrogen) atoms. The summed E-state index contributed by atoms with van der Waals surface area (Å²) in [6, 6.07) is 13.5. The van der Waals surface area contributed by atoms with Crippen LogP contribution in [0, 0.1) is 0 Å². The molecule has 158 valence electrons. The summed E-state index contributed by atoms with van der Waals surface area (Å²) < 4.78 is 6.03. The molecule has 0 fully saturated rings. The fraction of sp³-hybridized carbons (Fsp3) is 0.435. The zero-order chi connectivity index (χ0) is 21.4. The van der Waals surface area contributed by atoms with Crippen molar-refractivity contribution in [2.75, 3.05) is 12.3 Å². The van der Waals surface area contributed by atoms with Gasteiger partial charge >= 0.3 is 0 Å². The Bertz CT molecular complexity index is 779. The average molecular weight is 401 g/mol. The van der Waals surface area contributed by atoms with Crippen LogP contribution < -0.4 is 15.8 Å². The first kappa shape index (κ1) is 22.7. The number of benzene rings is 2. The standard InChI is InChI=1S/C23H32N2O4/c1-4-15(3)18-8-6-7-9-21(18)29-20(5-2)23(28)25-19(14-26)22(27)16-10-12-17(24)13-11-16/h6-13,15,19-20,22,26-27H,4-5,14,24H2,1-3H3,(H,25,28). The van der Waals surface area contributed by atoms with Crippen molar-refractivity contribution in [1.82, 2.24) is 5.32 Å². The molecule has 2 aromatic rings. The summed E-state index contributed by atoms with van der Waals surface area (Å²) in [5.41, 5.74) is 7.87. The van der Waals surface area contributed by atoms with Crippen LogP contribution in [0.15, 0.2) is 48.5 Å². The van der Waals surface area contributed by atoms with Gasteiger partial charge in [-0.15, -0.1) is 0 Å². The van der Waals surface area contributed by atoms with Gasteiger partial charge in [0.1, 0.15) is 11.9 Å². The molecule has 0 aliphatic heterocycles. The van der Waals surface area contributed by atoms with E-state index in [4.69, 9.17) is 10.5 Å². The number of para-hydroxylation sites is 1.